The SMILES string of the molecule is Cc1ccc(F)cc1S(=O)(=O)NCC1CCC(CNc2nc(N(C)C)c3ccccc3n2)CC1. The van der Waals surface area contributed by atoms with Gasteiger partial charge in [0.15, 0.2) is 0 Å². The monoisotopic (exact) mass is 485 g/mol. The highest BCUT2D eigenvalue weighted by atomic mass is 32.2. The van der Waals surface area contributed by atoms with E-state index in [9.17, 15) is 12.8 Å². The summed E-state index contributed by atoms with van der Waals surface area (Å²) in [5, 5.41) is 4.43. The van der Waals surface area contributed by atoms with Crippen molar-refractivity contribution < 1.29 is 12.8 Å². The molecule has 1 fully saturated rings. The Morgan fingerprint density at radius 1 is 1.00 bits per heavy atom. The molecule has 3 aromatic rings. The number of sulfonamides is 1. The number of rotatable bonds is 8. The minimum atomic E-state index is -3.72. The molecule has 34 heavy (non-hydrogen) atoms. The van der Waals surface area contributed by atoms with Gasteiger partial charge in [-0.15, -0.1) is 0 Å². The molecule has 1 aromatic heterocycles. The first-order valence-electron chi connectivity index (χ1n) is 11.7. The number of hydrogen-bond acceptors (Lipinski definition) is 6. The molecule has 1 aliphatic rings. The molecule has 9 heteroatoms. The third kappa shape index (κ3) is 5.64. The van der Waals surface area contributed by atoms with Gasteiger partial charge in [0.25, 0.3) is 0 Å². The number of aryl methyl sites for hydroxylation is 1. The number of halogens is 1. The predicted molar refractivity (Wildman–Crippen MR) is 134 cm³/mol. The predicted octanol–water partition coefficient (Wildman–Crippen LogP) is 4.34. The maximum absolute atomic E-state index is 13.5. The Kier molecular flexibility index (Phi) is 7.33. The molecular weight excluding hydrogens is 453 g/mol. The van der Waals surface area contributed by atoms with Crippen LogP contribution >= 0.6 is 0 Å². The van der Waals surface area contributed by atoms with E-state index in [1.54, 1.807) is 6.92 Å². The van der Waals surface area contributed by atoms with E-state index >= 15 is 0 Å². The van der Waals surface area contributed by atoms with Crippen LogP contribution < -0.4 is 14.9 Å². The number of benzene rings is 2. The molecule has 2 aromatic carbocycles. The fourth-order valence-corrected chi connectivity index (χ4v) is 5.89. The topological polar surface area (TPSA) is 87.2 Å². The van der Waals surface area contributed by atoms with E-state index < -0.39 is 15.8 Å². The lowest BCUT2D eigenvalue weighted by Gasteiger charge is -2.29. The van der Waals surface area contributed by atoms with Crippen molar-refractivity contribution in [2.75, 3.05) is 37.4 Å². The van der Waals surface area contributed by atoms with Crippen LogP contribution in [0.25, 0.3) is 10.9 Å². The zero-order chi connectivity index (χ0) is 24.3. The number of hydrogen-bond donors (Lipinski definition) is 2. The number of para-hydroxylation sites is 1. The second kappa shape index (κ2) is 10.2. The maximum atomic E-state index is 13.5. The average molecular weight is 486 g/mol. The lowest BCUT2D eigenvalue weighted by atomic mass is 9.82. The smallest absolute Gasteiger partial charge is 0.240 e. The Balaban J connectivity index is 1.30. The summed E-state index contributed by atoms with van der Waals surface area (Å²) in [4.78, 5) is 11.4. The van der Waals surface area contributed by atoms with Gasteiger partial charge in [-0.3, -0.25) is 0 Å². The van der Waals surface area contributed by atoms with Gasteiger partial charge in [0, 0.05) is 32.6 Å². The van der Waals surface area contributed by atoms with E-state index in [0.29, 0.717) is 24.0 Å². The summed E-state index contributed by atoms with van der Waals surface area (Å²) in [6.07, 6.45) is 3.90. The second-order valence-corrected chi connectivity index (χ2v) is 11.0. The van der Waals surface area contributed by atoms with Gasteiger partial charge in [-0.05, 0) is 74.3 Å². The van der Waals surface area contributed by atoms with E-state index in [0.717, 1.165) is 55.0 Å². The molecular formula is C25H32FN5O2S. The summed E-state index contributed by atoms with van der Waals surface area (Å²) in [5.74, 6) is 1.72. The number of anilines is 2. The molecule has 0 bridgehead atoms. The van der Waals surface area contributed by atoms with Crippen molar-refractivity contribution in [2.45, 2.75) is 37.5 Å². The van der Waals surface area contributed by atoms with Crippen LogP contribution in [-0.4, -0.2) is 45.6 Å². The van der Waals surface area contributed by atoms with E-state index in [-0.39, 0.29) is 10.8 Å². The summed E-state index contributed by atoms with van der Waals surface area (Å²) >= 11 is 0. The average Bonchev–Trinajstić information content (AvgIpc) is 2.83. The normalized spacial score (nSPS) is 18.7. The Hall–Kier alpha value is -2.78. The molecule has 2 N–H and O–H groups in total. The van der Waals surface area contributed by atoms with Crippen molar-refractivity contribution in [1.82, 2.24) is 14.7 Å². The summed E-state index contributed by atoms with van der Waals surface area (Å²) in [6.45, 7) is 2.83. The van der Waals surface area contributed by atoms with E-state index in [4.69, 9.17) is 4.98 Å². The zero-order valence-corrected chi connectivity index (χ0v) is 20.7. The van der Waals surface area contributed by atoms with Gasteiger partial charge in [0.05, 0.1) is 10.4 Å². The standard InChI is InChI=1S/C25H32FN5O2S/c1-17-8-13-20(26)14-23(17)34(32,33)28-16-19-11-9-18(10-12-19)15-27-25-29-22-7-5-4-6-21(22)24(30-25)31(2)3/h4-8,13-14,18-19,28H,9-12,15-16H2,1-3H3,(H,27,29,30). The number of aromatic nitrogens is 2. The Morgan fingerprint density at radius 3 is 2.38 bits per heavy atom. The molecule has 0 unspecified atom stereocenters. The van der Waals surface area contributed by atoms with Gasteiger partial charge in [0.1, 0.15) is 11.6 Å². The van der Waals surface area contributed by atoms with E-state index in [2.05, 4.69) is 15.0 Å². The van der Waals surface area contributed by atoms with Crippen LogP contribution in [0, 0.1) is 24.6 Å². The molecule has 0 amide bonds. The highest BCUT2D eigenvalue weighted by Crippen LogP contribution is 2.30. The van der Waals surface area contributed by atoms with Crippen LogP contribution in [0.2, 0.25) is 0 Å². The summed E-state index contributed by atoms with van der Waals surface area (Å²) < 4.78 is 41.5. The molecule has 4 rings (SSSR count). The van der Waals surface area contributed by atoms with Crippen molar-refractivity contribution in [3.63, 3.8) is 0 Å². The minimum Gasteiger partial charge on any atom is -0.362 e. The first-order valence-corrected chi connectivity index (χ1v) is 13.1. The Labute approximate surface area is 200 Å². The summed E-state index contributed by atoms with van der Waals surface area (Å²) in [5.41, 5.74) is 1.45. The number of nitrogens with one attached hydrogen (secondary N) is 2. The lowest BCUT2D eigenvalue weighted by Crippen LogP contribution is -2.32. The largest absolute Gasteiger partial charge is 0.362 e. The van der Waals surface area contributed by atoms with Crippen molar-refractivity contribution in [2.24, 2.45) is 11.8 Å². The van der Waals surface area contributed by atoms with Crippen molar-refractivity contribution in [1.29, 1.82) is 0 Å². The van der Waals surface area contributed by atoms with Crippen molar-refractivity contribution in [3.05, 3.63) is 53.8 Å². The van der Waals surface area contributed by atoms with Crippen LogP contribution in [0.4, 0.5) is 16.2 Å². The Morgan fingerprint density at radius 2 is 1.68 bits per heavy atom. The van der Waals surface area contributed by atoms with E-state index in [1.165, 1.54) is 12.1 Å². The first kappa shape index (κ1) is 24.3. The highest BCUT2D eigenvalue weighted by molar-refractivity contribution is 7.89. The van der Waals surface area contributed by atoms with Crippen molar-refractivity contribution >= 4 is 32.7 Å². The van der Waals surface area contributed by atoms with Gasteiger partial charge in [0.2, 0.25) is 16.0 Å². The molecule has 0 saturated heterocycles. The minimum absolute atomic E-state index is 0.0119. The molecule has 0 spiro atoms. The fourth-order valence-electron chi connectivity index (χ4n) is 4.52. The molecule has 7 nitrogen and oxygen atoms in total. The van der Waals surface area contributed by atoms with Gasteiger partial charge >= 0.3 is 0 Å². The summed E-state index contributed by atoms with van der Waals surface area (Å²) in [6, 6.07) is 11.8. The first-order chi connectivity index (χ1) is 16.2. The van der Waals surface area contributed by atoms with Crippen LogP contribution in [0.5, 0.6) is 0 Å². The molecule has 0 aliphatic heterocycles. The third-order valence-corrected chi connectivity index (χ3v) is 8.09. The second-order valence-electron chi connectivity index (χ2n) is 9.31. The van der Waals surface area contributed by atoms with Gasteiger partial charge in [-0.1, -0.05) is 18.2 Å². The van der Waals surface area contributed by atoms with Gasteiger partial charge < -0.3 is 10.2 Å². The quantitative estimate of drug-likeness (QED) is 0.494. The molecule has 182 valence electrons. The van der Waals surface area contributed by atoms with Crippen LogP contribution in [0.1, 0.15) is 31.2 Å². The lowest BCUT2D eigenvalue weighted by molar-refractivity contribution is 0.284. The highest BCUT2D eigenvalue weighted by Gasteiger charge is 2.24. The maximum Gasteiger partial charge on any atom is 0.240 e. The van der Waals surface area contributed by atoms with E-state index in [1.807, 2.05) is 43.3 Å². The fraction of sp³-hybridized carbons (Fsp3) is 0.440. The number of nitrogens with zero attached hydrogens (tertiary/aromatic N) is 3. The van der Waals surface area contributed by atoms with Crippen LogP contribution in [0.15, 0.2) is 47.4 Å². The van der Waals surface area contributed by atoms with Gasteiger partial charge in [-0.2, -0.15) is 4.98 Å². The molecule has 0 atom stereocenters. The zero-order valence-electron chi connectivity index (χ0n) is 19.9. The third-order valence-electron chi connectivity index (χ3n) is 6.52. The van der Waals surface area contributed by atoms with Gasteiger partial charge in [-0.25, -0.2) is 22.5 Å². The Bertz CT molecular complexity index is 1260. The van der Waals surface area contributed by atoms with Crippen LogP contribution in [-0.2, 0) is 10.0 Å². The molecule has 1 heterocycles. The molecule has 1 aliphatic carbocycles. The van der Waals surface area contributed by atoms with Crippen LogP contribution in [0.3, 0.4) is 0 Å². The van der Waals surface area contributed by atoms with Crippen molar-refractivity contribution in [3.8, 4) is 0 Å². The molecule has 0 radical (unpaired) electrons. The number of fused-ring (bicyclic) bond motifs is 1. The molecule has 1 saturated carbocycles. The summed E-state index contributed by atoms with van der Waals surface area (Å²) in [7, 11) is 0.227.